The van der Waals surface area contributed by atoms with Gasteiger partial charge in [0.15, 0.2) is 0 Å². The molecule has 1 atom stereocenters. The molecule has 2 rings (SSSR count). The summed E-state index contributed by atoms with van der Waals surface area (Å²) in [5, 5.41) is 11.4. The van der Waals surface area contributed by atoms with Gasteiger partial charge < -0.3 is 10.8 Å². The second-order valence-electron chi connectivity index (χ2n) is 5.01. The molecule has 1 unspecified atom stereocenters. The average molecular weight is 230 g/mol. The Bertz CT molecular complexity index is 517. The van der Waals surface area contributed by atoms with Crippen LogP contribution in [0.5, 0.6) is 0 Å². The Kier molecular flexibility index (Phi) is 3.13. The van der Waals surface area contributed by atoms with Crippen molar-refractivity contribution in [2.24, 2.45) is 11.1 Å². The molecule has 0 amide bonds. The second-order valence-corrected chi connectivity index (χ2v) is 5.01. The zero-order valence-electron chi connectivity index (χ0n) is 10.2. The topological polar surface area (TPSA) is 59.1 Å². The van der Waals surface area contributed by atoms with E-state index in [-0.39, 0.29) is 5.41 Å². The first kappa shape index (κ1) is 12.0. The third kappa shape index (κ3) is 2.16. The number of fused-ring (bicyclic) bond motifs is 1. The lowest BCUT2D eigenvalue weighted by Gasteiger charge is -2.29. The fourth-order valence-corrected chi connectivity index (χ4v) is 1.89. The summed E-state index contributed by atoms with van der Waals surface area (Å²) in [7, 11) is 0. The molecule has 2 aromatic rings. The molecule has 3 N–H and O–H groups in total. The predicted octanol–water partition coefficient (Wildman–Crippen LogP) is 2.25. The quantitative estimate of drug-likeness (QED) is 0.850. The number of aliphatic hydroxyl groups is 1. The number of nitrogens with two attached hydrogens (primary N) is 1. The van der Waals surface area contributed by atoms with Crippen LogP contribution in [0.25, 0.3) is 10.9 Å². The van der Waals surface area contributed by atoms with E-state index in [9.17, 15) is 5.11 Å². The smallest absolute Gasteiger partial charge is 0.0860 e. The van der Waals surface area contributed by atoms with E-state index >= 15 is 0 Å². The van der Waals surface area contributed by atoms with E-state index < -0.39 is 6.10 Å². The first-order valence-corrected chi connectivity index (χ1v) is 5.78. The summed E-state index contributed by atoms with van der Waals surface area (Å²) in [5.74, 6) is 0. The van der Waals surface area contributed by atoms with Gasteiger partial charge in [0.25, 0.3) is 0 Å². The van der Waals surface area contributed by atoms with Gasteiger partial charge in [0, 0.05) is 23.5 Å². The Balaban J connectivity index is 2.56. The van der Waals surface area contributed by atoms with E-state index in [1.165, 1.54) is 0 Å². The van der Waals surface area contributed by atoms with Crippen LogP contribution in [0.1, 0.15) is 25.5 Å². The first-order chi connectivity index (χ1) is 8.06. The van der Waals surface area contributed by atoms with Crippen molar-refractivity contribution >= 4 is 10.9 Å². The molecule has 0 aliphatic carbocycles. The van der Waals surface area contributed by atoms with Crippen LogP contribution in [0.15, 0.2) is 36.5 Å². The SMILES string of the molecule is CC(C)(CN)C(O)c1ccnc2ccccc12. The molecule has 3 heteroatoms. The lowest BCUT2D eigenvalue weighted by molar-refractivity contribution is 0.0567. The number of rotatable bonds is 3. The minimum atomic E-state index is -0.583. The molecule has 0 spiro atoms. The summed E-state index contributed by atoms with van der Waals surface area (Å²) in [6.07, 6.45) is 1.15. The van der Waals surface area contributed by atoms with Crippen LogP contribution in [0.4, 0.5) is 0 Å². The van der Waals surface area contributed by atoms with Crippen LogP contribution in [0, 0.1) is 5.41 Å². The number of hydrogen-bond donors (Lipinski definition) is 2. The molecule has 3 nitrogen and oxygen atoms in total. The third-order valence-corrected chi connectivity index (χ3v) is 3.24. The number of hydrogen-bond acceptors (Lipinski definition) is 3. The molecule has 90 valence electrons. The minimum absolute atomic E-state index is 0.343. The van der Waals surface area contributed by atoms with Gasteiger partial charge >= 0.3 is 0 Å². The van der Waals surface area contributed by atoms with Gasteiger partial charge in [-0.15, -0.1) is 0 Å². The Morgan fingerprint density at radius 3 is 2.71 bits per heavy atom. The fourth-order valence-electron chi connectivity index (χ4n) is 1.89. The van der Waals surface area contributed by atoms with Crippen molar-refractivity contribution in [3.8, 4) is 0 Å². The number of para-hydroxylation sites is 1. The number of nitrogens with zero attached hydrogens (tertiary/aromatic N) is 1. The Morgan fingerprint density at radius 2 is 2.00 bits per heavy atom. The lowest BCUT2D eigenvalue weighted by Crippen LogP contribution is -2.30. The highest BCUT2D eigenvalue weighted by atomic mass is 16.3. The maximum Gasteiger partial charge on any atom is 0.0860 e. The van der Waals surface area contributed by atoms with Gasteiger partial charge in [-0.2, -0.15) is 0 Å². The van der Waals surface area contributed by atoms with Crippen LogP contribution in [-0.4, -0.2) is 16.6 Å². The normalized spacial score (nSPS) is 13.9. The fraction of sp³-hybridized carbons (Fsp3) is 0.357. The van der Waals surface area contributed by atoms with Crippen molar-refractivity contribution in [1.82, 2.24) is 4.98 Å². The summed E-state index contributed by atoms with van der Waals surface area (Å²) in [4.78, 5) is 4.29. The summed E-state index contributed by atoms with van der Waals surface area (Å²) < 4.78 is 0. The minimum Gasteiger partial charge on any atom is -0.388 e. The largest absolute Gasteiger partial charge is 0.388 e. The van der Waals surface area contributed by atoms with E-state index in [0.29, 0.717) is 6.54 Å². The van der Waals surface area contributed by atoms with Crippen molar-refractivity contribution in [2.45, 2.75) is 20.0 Å². The Morgan fingerprint density at radius 1 is 1.29 bits per heavy atom. The molecular weight excluding hydrogens is 212 g/mol. The van der Waals surface area contributed by atoms with E-state index in [4.69, 9.17) is 5.73 Å². The Labute approximate surface area is 101 Å². The van der Waals surface area contributed by atoms with Crippen molar-refractivity contribution < 1.29 is 5.11 Å². The highest BCUT2D eigenvalue weighted by Gasteiger charge is 2.28. The summed E-state index contributed by atoms with van der Waals surface area (Å²) in [6, 6.07) is 9.69. The maximum atomic E-state index is 10.4. The van der Waals surface area contributed by atoms with Gasteiger partial charge in [-0.1, -0.05) is 32.0 Å². The van der Waals surface area contributed by atoms with Crippen LogP contribution in [0.3, 0.4) is 0 Å². The standard InChI is InChI=1S/C14H18N2O/c1-14(2,9-15)13(17)11-7-8-16-12-6-4-3-5-10(11)12/h3-8,13,17H,9,15H2,1-2H3. The van der Waals surface area contributed by atoms with Crippen LogP contribution < -0.4 is 5.73 Å². The monoisotopic (exact) mass is 230 g/mol. The third-order valence-electron chi connectivity index (χ3n) is 3.24. The molecule has 17 heavy (non-hydrogen) atoms. The number of pyridine rings is 1. The van der Waals surface area contributed by atoms with Gasteiger partial charge in [0.2, 0.25) is 0 Å². The second kappa shape index (κ2) is 4.43. The van der Waals surface area contributed by atoms with Gasteiger partial charge in [0.1, 0.15) is 0 Å². The van der Waals surface area contributed by atoms with E-state index in [1.807, 2.05) is 44.2 Å². The Hall–Kier alpha value is -1.45. The van der Waals surface area contributed by atoms with Gasteiger partial charge in [0.05, 0.1) is 11.6 Å². The van der Waals surface area contributed by atoms with E-state index in [1.54, 1.807) is 6.20 Å². The molecule has 1 aromatic heterocycles. The molecule has 0 saturated heterocycles. The number of aliphatic hydroxyl groups excluding tert-OH is 1. The highest BCUT2D eigenvalue weighted by Crippen LogP contribution is 2.35. The number of aromatic nitrogens is 1. The summed E-state index contributed by atoms with van der Waals surface area (Å²) >= 11 is 0. The highest BCUT2D eigenvalue weighted by molar-refractivity contribution is 5.82. The summed E-state index contributed by atoms with van der Waals surface area (Å²) in [5.41, 5.74) is 7.16. The molecule has 0 fully saturated rings. The van der Waals surface area contributed by atoms with Crippen molar-refractivity contribution in [1.29, 1.82) is 0 Å². The molecule has 1 aromatic carbocycles. The predicted molar refractivity (Wildman–Crippen MR) is 69.5 cm³/mol. The van der Waals surface area contributed by atoms with E-state index in [2.05, 4.69) is 4.98 Å². The first-order valence-electron chi connectivity index (χ1n) is 5.78. The van der Waals surface area contributed by atoms with Gasteiger partial charge in [-0.25, -0.2) is 0 Å². The summed E-state index contributed by atoms with van der Waals surface area (Å²) in [6.45, 7) is 4.37. The zero-order chi connectivity index (χ0) is 12.5. The van der Waals surface area contributed by atoms with Crippen molar-refractivity contribution in [3.05, 3.63) is 42.1 Å². The van der Waals surface area contributed by atoms with E-state index in [0.717, 1.165) is 16.5 Å². The molecule has 0 bridgehead atoms. The zero-order valence-corrected chi connectivity index (χ0v) is 10.2. The van der Waals surface area contributed by atoms with Gasteiger partial charge in [-0.05, 0) is 17.7 Å². The molecule has 0 saturated carbocycles. The average Bonchev–Trinajstić information content (AvgIpc) is 2.37. The van der Waals surface area contributed by atoms with Crippen LogP contribution in [0.2, 0.25) is 0 Å². The molecule has 0 aliphatic heterocycles. The van der Waals surface area contributed by atoms with Crippen molar-refractivity contribution in [3.63, 3.8) is 0 Å². The van der Waals surface area contributed by atoms with Crippen LogP contribution in [-0.2, 0) is 0 Å². The molecule has 0 aliphatic rings. The molecular formula is C14H18N2O. The lowest BCUT2D eigenvalue weighted by atomic mass is 9.82. The molecule has 1 heterocycles. The molecule has 0 radical (unpaired) electrons. The number of benzene rings is 1. The van der Waals surface area contributed by atoms with Crippen LogP contribution >= 0.6 is 0 Å². The maximum absolute atomic E-state index is 10.4. The van der Waals surface area contributed by atoms with Gasteiger partial charge in [-0.3, -0.25) is 4.98 Å². The van der Waals surface area contributed by atoms with Crippen molar-refractivity contribution in [2.75, 3.05) is 6.54 Å².